The smallest absolute Gasteiger partial charge is 0.358 e. The second-order valence-electron chi connectivity index (χ2n) is 5.16. The van der Waals surface area contributed by atoms with Gasteiger partial charge in [0, 0.05) is 12.2 Å². The molecule has 1 N–H and O–H groups in total. The van der Waals surface area contributed by atoms with Gasteiger partial charge in [-0.15, -0.1) is 0 Å². The van der Waals surface area contributed by atoms with Gasteiger partial charge in [0.1, 0.15) is 12.4 Å². The van der Waals surface area contributed by atoms with Crippen LogP contribution in [0.2, 0.25) is 5.02 Å². The van der Waals surface area contributed by atoms with E-state index in [2.05, 4.69) is 10.3 Å². The number of hydrogen-bond acceptors (Lipinski definition) is 6. The zero-order chi connectivity index (χ0) is 18.2. The Morgan fingerprint density at radius 3 is 2.64 bits per heavy atom. The molecular formula is C18H21ClN2O4. The third-order valence-electron chi connectivity index (χ3n) is 3.71. The predicted molar refractivity (Wildman–Crippen MR) is 95.2 cm³/mol. The van der Waals surface area contributed by atoms with Gasteiger partial charge in [-0.05, 0) is 30.2 Å². The molecule has 1 heterocycles. The molecule has 0 aliphatic carbocycles. The molecule has 0 fully saturated rings. The number of ether oxygens (including phenoxy) is 3. The van der Waals surface area contributed by atoms with E-state index < -0.39 is 5.97 Å². The van der Waals surface area contributed by atoms with Crippen LogP contribution in [0.15, 0.2) is 36.5 Å². The van der Waals surface area contributed by atoms with Crippen LogP contribution >= 0.6 is 11.6 Å². The van der Waals surface area contributed by atoms with Crippen molar-refractivity contribution in [3.05, 3.63) is 52.8 Å². The van der Waals surface area contributed by atoms with Crippen LogP contribution < -0.4 is 14.8 Å². The minimum Gasteiger partial charge on any atom is -0.493 e. The molecular weight excluding hydrogens is 344 g/mol. The first kappa shape index (κ1) is 19.0. The van der Waals surface area contributed by atoms with Gasteiger partial charge in [-0.3, -0.25) is 5.32 Å². The Morgan fingerprint density at radius 1 is 1.24 bits per heavy atom. The first-order chi connectivity index (χ1) is 12.1. The van der Waals surface area contributed by atoms with Crippen molar-refractivity contribution in [1.82, 2.24) is 10.3 Å². The number of methoxy groups -OCH3 is 2. The lowest BCUT2D eigenvalue weighted by atomic mass is 10.0. The summed E-state index contributed by atoms with van der Waals surface area (Å²) in [5.41, 5.74) is 1.11. The summed E-state index contributed by atoms with van der Waals surface area (Å²) < 4.78 is 15.8. The van der Waals surface area contributed by atoms with Gasteiger partial charge in [0.15, 0.2) is 11.5 Å². The minimum atomic E-state index is -0.485. The second kappa shape index (κ2) is 9.25. The van der Waals surface area contributed by atoms with E-state index in [1.54, 1.807) is 37.6 Å². The van der Waals surface area contributed by atoms with Crippen molar-refractivity contribution in [1.29, 1.82) is 0 Å². The molecule has 0 aliphatic heterocycles. The van der Waals surface area contributed by atoms with Crippen LogP contribution in [0.5, 0.6) is 11.5 Å². The van der Waals surface area contributed by atoms with Gasteiger partial charge >= 0.3 is 5.97 Å². The molecule has 134 valence electrons. The lowest BCUT2D eigenvalue weighted by molar-refractivity contribution is 0.0449. The first-order valence-corrected chi connectivity index (χ1v) is 8.22. The van der Waals surface area contributed by atoms with Crippen molar-refractivity contribution in [2.75, 3.05) is 21.0 Å². The molecule has 1 unspecified atom stereocenters. The number of hydrogen-bond donors (Lipinski definition) is 1. The van der Waals surface area contributed by atoms with Crippen molar-refractivity contribution in [3.63, 3.8) is 0 Å². The monoisotopic (exact) mass is 364 g/mol. The topological polar surface area (TPSA) is 69.7 Å². The van der Waals surface area contributed by atoms with Gasteiger partial charge < -0.3 is 14.2 Å². The van der Waals surface area contributed by atoms with Crippen LogP contribution in [0.3, 0.4) is 0 Å². The molecule has 0 amide bonds. The summed E-state index contributed by atoms with van der Waals surface area (Å²) in [6, 6.07) is 8.63. The lowest BCUT2D eigenvalue weighted by Crippen LogP contribution is -2.26. The Hall–Kier alpha value is -2.31. The molecule has 2 aromatic rings. The number of esters is 1. The van der Waals surface area contributed by atoms with Gasteiger partial charge in [0.2, 0.25) is 0 Å². The maximum absolute atomic E-state index is 11.9. The van der Waals surface area contributed by atoms with Gasteiger partial charge in [-0.25, -0.2) is 9.78 Å². The summed E-state index contributed by atoms with van der Waals surface area (Å²) in [6.07, 6.45) is 2.29. The number of rotatable bonds is 8. The molecule has 0 radical (unpaired) electrons. The zero-order valence-corrected chi connectivity index (χ0v) is 15.2. The molecule has 0 bridgehead atoms. The van der Waals surface area contributed by atoms with E-state index >= 15 is 0 Å². The number of aromatic nitrogens is 1. The third-order valence-corrected chi connectivity index (χ3v) is 4.10. The fourth-order valence-electron chi connectivity index (χ4n) is 2.41. The summed E-state index contributed by atoms with van der Waals surface area (Å²) in [6.45, 7) is 2.05. The Kier molecular flexibility index (Phi) is 7.03. The molecule has 7 heteroatoms. The van der Waals surface area contributed by atoms with Crippen LogP contribution in [0.25, 0.3) is 0 Å². The van der Waals surface area contributed by atoms with Gasteiger partial charge in [0.25, 0.3) is 0 Å². The summed E-state index contributed by atoms with van der Waals surface area (Å²) in [7, 11) is 3.09. The van der Waals surface area contributed by atoms with E-state index in [0.717, 1.165) is 12.0 Å². The fraction of sp³-hybridized carbons (Fsp3) is 0.333. The van der Waals surface area contributed by atoms with Gasteiger partial charge in [-0.2, -0.15) is 0 Å². The Balaban J connectivity index is 2.04. The third kappa shape index (κ3) is 4.61. The predicted octanol–water partition coefficient (Wildman–Crippen LogP) is 3.61. The molecule has 0 spiro atoms. The SMILES string of the molecule is CCC(NCOC(=O)c1ccccn1)c1ccc(OC)c(OC)c1Cl. The van der Waals surface area contributed by atoms with Crippen LogP contribution in [0, 0.1) is 0 Å². The molecule has 0 saturated heterocycles. The quantitative estimate of drug-likeness (QED) is 0.570. The second-order valence-corrected chi connectivity index (χ2v) is 5.54. The maximum atomic E-state index is 11.9. The Labute approximate surface area is 152 Å². The average Bonchev–Trinajstić information content (AvgIpc) is 2.66. The Morgan fingerprint density at radius 2 is 2.04 bits per heavy atom. The molecule has 25 heavy (non-hydrogen) atoms. The number of nitrogens with zero attached hydrogens (tertiary/aromatic N) is 1. The van der Waals surface area contributed by atoms with E-state index in [1.165, 1.54) is 7.11 Å². The highest BCUT2D eigenvalue weighted by atomic mass is 35.5. The minimum absolute atomic E-state index is 0.0403. The molecule has 6 nitrogen and oxygen atoms in total. The molecule has 2 rings (SSSR count). The molecule has 0 saturated carbocycles. The van der Waals surface area contributed by atoms with Crippen molar-refractivity contribution < 1.29 is 19.0 Å². The molecule has 1 aromatic heterocycles. The van der Waals surface area contributed by atoms with E-state index in [1.807, 2.05) is 13.0 Å². The number of carbonyl (C=O) groups excluding carboxylic acids is 1. The van der Waals surface area contributed by atoms with E-state index in [0.29, 0.717) is 16.5 Å². The number of benzene rings is 1. The fourth-order valence-corrected chi connectivity index (χ4v) is 2.78. The largest absolute Gasteiger partial charge is 0.493 e. The van der Waals surface area contributed by atoms with Gasteiger partial charge in [0.05, 0.1) is 19.2 Å². The first-order valence-electron chi connectivity index (χ1n) is 7.84. The van der Waals surface area contributed by atoms with Crippen LogP contribution in [0.1, 0.15) is 35.4 Å². The summed E-state index contributed by atoms with van der Waals surface area (Å²) in [5.74, 6) is 0.557. The number of carbonyl (C=O) groups is 1. The van der Waals surface area contributed by atoms with Crippen molar-refractivity contribution in [2.45, 2.75) is 19.4 Å². The summed E-state index contributed by atoms with van der Waals surface area (Å²) in [4.78, 5) is 15.9. The van der Waals surface area contributed by atoms with Crippen LogP contribution in [-0.4, -0.2) is 31.9 Å². The van der Waals surface area contributed by atoms with Crippen molar-refractivity contribution in [2.24, 2.45) is 0 Å². The van der Waals surface area contributed by atoms with Gasteiger partial charge in [-0.1, -0.05) is 30.7 Å². The number of nitrogens with one attached hydrogen (secondary N) is 1. The highest BCUT2D eigenvalue weighted by Crippen LogP contribution is 2.40. The summed E-state index contributed by atoms with van der Waals surface area (Å²) in [5, 5.41) is 3.63. The van der Waals surface area contributed by atoms with E-state index in [9.17, 15) is 4.79 Å². The zero-order valence-electron chi connectivity index (χ0n) is 14.4. The average molecular weight is 365 g/mol. The van der Waals surface area contributed by atoms with E-state index in [4.69, 9.17) is 25.8 Å². The highest BCUT2D eigenvalue weighted by Gasteiger charge is 2.19. The Bertz CT molecular complexity index is 710. The molecule has 0 aliphatic rings. The highest BCUT2D eigenvalue weighted by molar-refractivity contribution is 6.33. The van der Waals surface area contributed by atoms with Crippen LogP contribution in [0.4, 0.5) is 0 Å². The number of halogens is 1. The number of pyridine rings is 1. The molecule has 1 aromatic carbocycles. The maximum Gasteiger partial charge on any atom is 0.358 e. The van der Waals surface area contributed by atoms with E-state index in [-0.39, 0.29) is 18.5 Å². The standard InChI is InChI=1S/C18H21ClN2O4/c1-4-13(12-8-9-15(23-2)17(24-3)16(12)19)21-11-25-18(22)14-7-5-6-10-20-14/h5-10,13,21H,4,11H2,1-3H3. The van der Waals surface area contributed by atoms with Crippen LogP contribution in [-0.2, 0) is 4.74 Å². The molecule has 1 atom stereocenters. The normalized spacial score (nSPS) is 11.7. The summed E-state index contributed by atoms with van der Waals surface area (Å²) >= 11 is 6.44. The van der Waals surface area contributed by atoms with Crippen molar-refractivity contribution >= 4 is 17.6 Å². The lowest BCUT2D eigenvalue weighted by Gasteiger charge is -2.21. The van der Waals surface area contributed by atoms with Crippen molar-refractivity contribution in [3.8, 4) is 11.5 Å².